The monoisotopic (exact) mass is 181 g/mol. The first-order valence-corrected chi connectivity index (χ1v) is 3.52. The normalized spacial score (nSPS) is 11.7. The van der Waals surface area contributed by atoms with Crippen molar-refractivity contribution in [3.8, 4) is 0 Å². The van der Waals surface area contributed by atoms with Crippen molar-refractivity contribution in [3.05, 3.63) is 30.3 Å². The van der Waals surface area contributed by atoms with Gasteiger partial charge < -0.3 is 5.98 Å². The molecule has 0 fully saturated rings. The quantitative estimate of drug-likeness (QED) is 0.373. The van der Waals surface area contributed by atoms with Gasteiger partial charge in [-0.05, 0) is 23.2 Å². The molecule has 10 heavy (non-hydrogen) atoms. The third kappa shape index (κ3) is 3.38. The van der Waals surface area contributed by atoms with Crippen molar-refractivity contribution in [1.82, 2.24) is 0 Å². The maximum Gasteiger partial charge on any atom is 1.00 e. The molecule has 0 aliphatic heterocycles. The summed E-state index contributed by atoms with van der Waals surface area (Å²) in [7, 11) is 0. The SMILES string of the molecule is O=S([O-])c1ccccc1.[H-].[K+]. The fourth-order valence-electron chi connectivity index (χ4n) is 0.532. The van der Waals surface area contributed by atoms with Gasteiger partial charge in [0.1, 0.15) is 0 Å². The van der Waals surface area contributed by atoms with Crippen LogP contribution in [0.1, 0.15) is 1.43 Å². The third-order valence-electron chi connectivity index (χ3n) is 0.936. The van der Waals surface area contributed by atoms with Crippen LogP contribution >= 0.6 is 0 Å². The zero-order valence-corrected chi connectivity index (χ0v) is 9.55. The molecule has 0 amide bonds. The summed E-state index contributed by atoms with van der Waals surface area (Å²) in [5, 5.41) is 0. The van der Waals surface area contributed by atoms with Gasteiger partial charge in [-0.1, -0.05) is 18.2 Å². The van der Waals surface area contributed by atoms with E-state index in [1.165, 1.54) is 0 Å². The zero-order valence-electron chi connectivity index (χ0n) is 6.61. The Morgan fingerprint density at radius 2 is 1.80 bits per heavy atom. The summed E-state index contributed by atoms with van der Waals surface area (Å²) in [6.07, 6.45) is 0. The molecule has 4 heteroatoms. The minimum atomic E-state index is -2.08. The molecule has 0 saturated carbocycles. The Labute approximate surface area is 106 Å². The molecule has 0 radical (unpaired) electrons. The van der Waals surface area contributed by atoms with Crippen molar-refractivity contribution < 1.29 is 61.6 Å². The van der Waals surface area contributed by atoms with Crippen molar-refractivity contribution in [2.75, 3.05) is 0 Å². The minimum absolute atomic E-state index is 0. The van der Waals surface area contributed by atoms with Crippen molar-refractivity contribution in [2.24, 2.45) is 0 Å². The molecule has 1 aromatic rings. The fourth-order valence-corrected chi connectivity index (χ4v) is 0.911. The summed E-state index contributed by atoms with van der Waals surface area (Å²) in [4.78, 5) is 0.331. The van der Waals surface area contributed by atoms with Gasteiger partial charge in [0, 0.05) is 4.90 Å². The molecule has 0 aliphatic carbocycles. The van der Waals surface area contributed by atoms with Crippen molar-refractivity contribution in [3.63, 3.8) is 0 Å². The Kier molecular flexibility index (Phi) is 6.14. The van der Waals surface area contributed by atoms with Crippen LogP contribution in [0.5, 0.6) is 0 Å². The Morgan fingerprint density at radius 1 is 1.30 bits per heavy atom. The zero-order chi connectivity index (χ0) is 6.69. The van der Waals surface area contributed by atoms with Gasteiger partial charge in [-0.3, -0.25) is 4.21 Å². The van der Waals surface area contributed by atoms with Gasteiger partial charge in [0.15, 0.2) is 0 Å². The second-order valence-corrected chi connectivity index (χ2v) is 2.49. The van der Waals surface area contributed by atoms with E-state index < -0.39 is 11.1 Å². The summed E-state index contributed by atoms with van der Waals surface area (Å²) < 4.78 is 20.4. The maximum atomic E-state index is 10.2. The van der Waals surface area contributed by atoms with Crippen LogP contribution in [0.25, 0.3) is 0 Å². The van der Waals surface area contributed by atoms with E-state index >= 15 is 0 Å². The number of hydrogen-bond donors (Lipinski definition) is 0. The van der Waals surface area contributed by atoms with Gasteiger partial charge in [-0.2, -0.15) is 0 Å². The van der Waals surface area contributed by atoms with Gasteiger partial charge in [0.2, 0.25) is 0 Å². The summed E-state index contributed by atoms with van der Waals surface area (Å²) >= 11 is -2.08. The Morgan fingerprint density at radius 3 is 2.10 bits per heavy atom. The molecule has 50 valence electrons. The third-order valence-corrected chi connectivity index (χ3v) is 1.59. The molecule has 1 unspecified atom stereocenters. The smallest absolute Gasteiger partial charge is 1.00 e. The number of rotatable bonds is 1. The van der Waals surface area contributed by atoms with Gasteiger partial charge in [-0.25, -0.2) is 0 Å². The van der Waals surface area contributed by atoms with Crippen LogP contribution in [0.2, 0.25) is 0 Å². The maximum absolute atomic E-state index is 10.2. The molecule has 1 atom stereocenters. The predicted octanol–water partition coefficient (Wildman–Crippen LogP) is -1.96. The molecule has 0 heterocycles. The summed E-state index contributed by atoms with van der Waals surface area (Å²) in [5.41, 5.74) is 0. The molecule has 2 nitrogen and oxygen atoms in total. The molecular weight excluding hydrogens is 175 g/mol. The molecule has 0 spiro atoms. The largest absolute Gasteiger partial charge is 1.00 e. The summed E-state index contributed by atoms with van der Waals surface area (Å²) in [6, 6.07) is 8.23. The molecule has 0 aromatic heterocycles. The van der Waals surface area contributed by atoms with E-state index in [1.54, 1.807) is 30.3 Å². The van der Waals surface area contributed by atoms with E-state index in [0.717, 1.165) is 0 Å². The van der Waals surface area contributed by atoms with Gasteiger partial charge in [0.25, 0.3) is 0 Å². The molecule has 0 bridgehead atoms. The van der Waals surface area contributed by atoms with E-state index in [-0.39, 0.29) is 52.8 Å². The van der Waals surface area contributed by atoms with E-state index in [2.05, 4.69) is 0 Å². The average Bonchev–Trinajstić information content (AvgIpc) is 1.90. The topological polar surface area (TPSA) is 40.1 Å². The van der Waals surface area contributed by atoms with Crippen LogP contribution in [-0.4, -0.2) is 8.76 Å². The van der Waals surface area contributed by atoms with Crippen molar-refractivity contribution >= 4 is 11.1 Å². The van der Waals surface area contributed by atoms with Crippen LogP contribution in [0, 0.1) is 0 Å². The van der Waals surface area contributed by atoms with Crippen LogP contribution in [-0.2, 0) is 11.1 Å². The van der Waals surface area contributed by atoms with E-state index in [1.807, 2.05) is 0 Å². The molecule has 0 N–H and O–H groups in total. The molecule has 0 saturated heterocycles. The predicted molar refractivity (Wildman–Crippen MR) is 34.7 cm³/mol. The van der Waals surface area contributed by atoms with Crippen LogP contribution < -0.4 is 51.4 Å². The first-order valence-electron chi connectivity index (χ1n) is 2.45. The Bertz CT molecular complexity index is 217. The van der Waals surface area contributed by atoms with Crippen LogP contribution in [0.4, 0.5) is 0 Å². The second kappa shape index (κ2) is 5.60. The fraction of sp³-hybridized carbons (Fsp3) is 0. The molecular formula is C6H6KO2S-. The van der Waals surface area contributed by atoms with Gasteiger partial charge >= 0.3 is 51.4 Å². The summed E-state index contributed by atoms with van der Waals surface area (Å²) in [5.74, 6) is 0. The first-order chi connectivity index (χ1) is 4.30. The van der Waals surface area contributed by atoms with Gasteiger partial charge in [-0.15, -0.1) is 0 Å². The standard InChI is InChI=1S/C6H6O2S.K.H/c7-9(8)6-4-2-1-3-5-6;;/h1-5H,(H,7,8);;/q;+1;-1/p-1. The van der Waals surface area contributed by atoms with Crippen molar-refractivity contribution in [1.29, 1.82) is 0 Å². The molecule has 0 aliphatic rings. The Balaban J connectivity index is 0. The molecule has 1 aromatic carbocycles. The van der Waals surface area contributed by atoms with Crippen LogP contribution in [0.3, 0.4) is 0 Å². The number of hydrogen-bond acceptors (Lipinski definition) is 2. The summed E-state index contributed by atoms with van der Waals surface area (Å²) in [6.45, 7) is 0. The first kappa shape index (κ1) is 11.0. The molecule has 1 rings (SSSR count). The average molecular weight is 181 g/mol. The van der Waals surface area contributed by atoms with Crippen LogP contribution in [0.15, 0.2) is 35.2 Å². The van der Waals surface area contributed by atoms with E-state index in [4.69, 9.17) is 0 Å². The van der Waals surface area contributed by atoms with Crippen molar-refractivity contribution in [2.45, 2.75) is 4.90 Å². The van der Waals surface area contributed by atoms with E-state index in [0.29, 0.717) is 4.90 Å². The number of benzene rings is 1. The second-order valence-electron chi connectivity index (χ2n) is 1.55. The van der Waals surface area contributed by atoms with E-state index in [9.17, 15) is 8.76 Å². The minimum Gasteiger partial charge on any atom is -1.00 e. The van der Waals surface area contributed by atoms with Gasteiger partial charge in [0.05, 0.1) is 0 Å². The Hall–Kier alpha value is 0.966.